The minimum absolute atomic E-state index is 0.854. The van der Waals surface area contributed by atoms with Crippen LogP contribution in [0, 0.1) is 0 Å². The fraction of sp³-hybridized carbons (Fsp3) is 1.00. The SMILES string of the molecule is [Cl][Al]([Cl])[CH2][CH2][Al]([Cl])[Cl]. The van der Waals surface area contributed by atoms with Crippen molar-refractivity contribution in [1.82, 2.24) is 0 Å². The Balaban J connectivity index is 2.93. The van der Waals surface area contributed by atoms with Crippen LogP contribution in [0.4, 0.5) is 0 Å². The van der Waals surface area contributed by atoms with E-state index in [2.05, 4.69) is 0 Å². The van der Waals surface area contributed by atoms with Gasteiger partial charge in [0.1, 0.15) is 0 Å². The molecule has 0 saturated carbocycles. The molecular formula is C2H4Al2Cl4. The number of hydrogen-bond acceptors (Lipinski definition) is 0. The van der Waals surface area contributed by atoms with Gasteiger partial charge in [0.25, 0.3) is 0 Å². The summed E-state index contributed by atoms with van der Waals surface area (Å²) in [7, 11) is 22.1. The maximum absolute atomic E-state index is 5.53. The van der Waals surface area contributed by atoms with Gasteiger partial charge in [-0.3, -0.25) is 0 Å². The second kappa shape index (κ2) is 5.97. The molecule has 0 aliphatic rings. The molecule has 0 aromatic carbocycles. The minimum atomic E-state index is -1.42. The lowest BCUT2D eigenvalue weighted by molar-refractivity contribution is 1.43. The van der Waals surface area contributed by atoms with E-state index in [4.69, 9.17) is 40.2 Å². The van der Waals surface area contributed by atoms with Gasteiger partial charge in [0.15, 0.2) is 0 Å². The minimum Gasteiger partial charge on any atom is -0.234 e. The topological polar surface area (TPSA) is 0 Å². The largest absolute Gasteiger partial charge is 0.518 e. The van der Waals surface area contributed by atoms with Gasteiger partial charge in [-0.25, -0.2) is 40.2 Å². The molecule has 6 heteroatoms. The summed E-state index contributed by atoms with van der Waals surface area (Å²) in [6, 6.07) is 0. The Hall–Kier alpha value is 2.22. The van der Waals surface area contributed by atoms with Crippen LogP contribution in [0.3, 0.4) is 0 Å². The molecule has 46 valence electrons. The molecule has 0 heterocycles. The quantitative estimate of drug-likeness (QED) is 0.646. The zero-order valence-corrected chi connectivity index (χ0v) is 9.41. The molecule has 0 fully saturated rings. The monoisotopic (exact) mass is 222 g/mol. The molecule has 0 N–H and O–H groups in total. The van der Waals surface area contributed by atoms with E-state index in [0.29, 0.717) is 0 Å². The van der Waals surface area contributed by atoms with E-state index in [1.54, 1.807) is 0 Å². The first kappa shape index (κ1) is 10.2. The standard InChI is InChI=1S/C2H4.2Al.4ClH/c1-2;;;;;;/h1-2H2;;;4*1H/q;2*+2;;;;/p-4. The summed E-state index contributed by atoms with van der Waals surface area (Å²) >= 11 is -2.83. The van der Waals surface area contributed by atoms with Crippen LogP contribution in [-0.4, -0.2) is 24.6 Å². The number of hydrogen-bond donors (Lipinski definition) is 0. The Morgan fingerprint density at radius 1 is 0.750 bits per heavy atom. The van der Waals surface area contributed by atoms with E-state index in [9.17, 15) is 0 Å². The van der Waals surface area contributed by atoms with Crippen molar-refractivity contribution in [2.75, 3.05) is 0 Å². The lowest BCUT2D eigenvalue weighted by Gasteiger charge is -1.90. The van der Waals surface area contributed by atoms with E-state index in [1.165, 1.54) is 0 Å². The molecule has 0 unspecified atom stereocenters. The second-order valence-electron chi connectivity index (χ2n) is 1.36. The average molecular weight is 224 g/mol. The van der Waals surface area contributed by atoms with Gasteiger partial charge < -0.3 is 0 Å². The van der Waals surface area contributed by atoms with E-state index in [0.717, 1.165) is 10.6 Å². The second-order valence-corrected chi connectivity index (χ2v) is 11.7. The van der Waals surface area contributed by atoms with Crippen LogP contribution in [0.15, 0.2) is 0 Å². The van der Waals surface area contributed by atoms with Crippen molar-refractivity contribution in [3.8, 4) is 0 Å². The summed E-state index contributed by atoms with van der Waals surface area (Å²) in [4.78, 5) is 0. The Bertz CT molecular complexity index is 48.0. The van der Waals surface area contributed by atoms with Gasteiger partial charge in [-0.1, -0.05) is 10.6 Å². The molecular weight excluding hydrogens is 220 g/mol. The number of rotatable bonds is 3. The summed E-state index contributed by atoms with van der Waals surface area (Å²) in [5, 5.41) is 1.71. The maximum Gasteiger partial charge on any atom is 0.518 e. The Morgan fingerprint density at radius 2 is 1.00 bits per heavy atom. The first-order valence-corrected chi connectivity index (χ1v) is 10.8. The predicted octanol–water partition coefficient (Wildman–Crippen LogP) is 2.92. The van der Waals surface area contributed by atoms with Crippen LogP contribution in [0.1, 0.15) is 0 Å². The Labute approximate surface area is 74.6 Å². The van der Waals surface area contributed by atoms with Crippen LogP contribution >= 0.6 is 40.2 Å². The van der Waals surface area contributed by atoms with Crippen LogP contribution < -0.4 is 0 Å². The Morgan fingerprint density at radius 3 is 1.12 bits per heavy atom. The summed E-state index contributed by atoms with van der Waals surface area (Å²) < 4.78 is 0. The van der Waals surface area contributed by atoms with Crippen molar-refractivity contribution in [2.24, 2.45) is 0 Å². The highest BCUT2D eigenvalue weighted by Gasteiger charge is 2.17. The van der Waals surface area contributed by atoms with Gasteiger partial charge >= 0.3 is 24.6 Å². The fourth-order valence-electron chi connectivity index (χ4n) is 0.252. The first-order valence-electron chi connectivity index (χ1n) is 2.19. The highest BCUT2D eigenvalue weighted by atomic mass is 35.7. The van der Waals surface area contributed by atoms with Crippen molar-refractivity contribution in [1.29, 1.82) is 0 Å². The van der Waals surface area contributed by atoms with Crippen molar-refractivity contribution in [2.45, 2.75) is 10.6 Å². The van der Waals surface area contributed by atoms with Crippen molar-refractivity contribution < 1.29 is 0 Å². The lowest BCUT2D eigenvalue weighted by Crippen LogP contribution is -1.97. The van der Waals surface area contributed by atoms with Crippen LogP contribution in [0.2, 0.25) is 10.6 Å². The molecule has 0 amide bonds. The van der Waals surface area contributed by atoms with Gasteiger partial charge in [-0.15, -0.1) is 0 Å². The summed E-state index contributed by atoms with van der Waals surface area (Å²) in [5.74, 6) is 0. The van der Waals surface area contributed by atoms with Crippen molar-refractivity contribution in [3.05, 3.63) is 0 Å². The van der Waals surface area contributed by atoms with E-state index < -0.39 is 24.6 Å². The number of halogens is 4. The zero-order chi connectivity index (χ0) is 6.57. The predicted molar refractivity (Wildman–Crippen MR) is 44.5 cm³/mol. The molecule has 0 bridgehead atoms. The molecule has 0 rings (SSSR count). The molecule has 0 aliphatic heterocycles. The highest BCUT2D eigenvalue weighted by Crippen LogP contribution is 2.13. The zero-order valence-electron chi connectivity index (χ0n) is 4.08. The van der Waals surface area contributed by atoms with Crippen LogP contribution in [0.25, 0.3) is 0 Å². The molecule has 0 atom stereocenters. The summed E-state index contributed by atoms with van der Waals surface area (Å²) in [6.45, 7) is 0. The fourth-order valence-corrected chi connectivity index (χ4v) is 6.80. The normalized spacial score (nSPS) is 9.00. The van der Waals surface area contributed by atoms with Gasteiger partial charge in [-0.05, 0) is 0 Å². The molecule has 0 nitrogen and oxygen atoms in total. The highest BCUT2D eigenvalue weighted by molar-refractivity contribution is 7.36. The third kappa shape index (κ3) is 8.22. The van der Waals surface area contributed by atoms with Crippen molar-refractivity contribution >= 4 is 64.8 Å². The maximum atomic E-state index is 5.53. The molecule has 0 saturated heterocycles. The molecule has 0 radical (unpaired) electrons. The molecule has 0 aliphatic carbocycles. The Kier molecular flexibility index (Phi) is 7.63. The summed E-state index contributed by atoms with van der Waals surface area (Å²) in [5.41, 5.74) is 0. The third-order valence-electron chi connectivity index (χ3n) is 0.603. The van der Waals surface area contributed by atoms with Gasteiger partial charge in [0.05, 0.1) is 0 Å². The van der Waals surface area contributed by atoms with Gasteiger partial charge in [0, 0.05) is 0 Å². The van der Waals surface area contributed by atoms with Crippen LogP contribution in [0.5, 0.6) is 0 Å². The molecule has 0 aromatic heterocycles. The lowest BCUT2D eigenvalue weighted by atomic mass is 10.9. The van der Waals surface area contributed by atoms with E-state index >= 15 is 0 Å². The van der Waals surface area contributed by atoms with Gasteiger partial charge in [0.2, 0.25) is 0 Å². The average Bonchev–Trinajstić information content (AvgIpc) is 1.61. The van der Waals surface area contributed by atoms with E-state index in [-0.39, 0.29) is 0 Å². The molecule has 8 heavy (non-hydrogen) atoms. The molecule has 0 aromatic rings. The smallest absolute Gasteiger partial charge is 0.234 e. The molecule has 0 spiro atoms. The van der Waals surface area contributed by atoms with E-state index in [1.807, 2.05) is 0 Å². The first-order chi connectivity index (χ1) is 3.63. The van der Waals surface area contributed by atoms with Crippen LogP contribution in [-0.2, 0) is 0 Å². The third-order valence-corrected chi connectivity index (χ3v) is 5.43. The van der Waals surface area contributed by atoms with Gasteiger partial charge in [-0.2, -0.15) is 0 Å². The summed E-state index contributed by atoms with van der Waals surface area (Å²) in [6.07, 6.45) is 0. The van der Waals surface area contributed by atoms with Crippen molar-refractivity contribution in [3.63, 3.8) is 0 Å².